The van der Waals surface area contributed by atoms with E-state index in [1.165, 1.54) is 22.3 Å². The van der Waals surface area contributed by atoms with Gasteiger partial charge in [0.05, 0.1) is 10.6 Å². The van der Waals surface area contributed by atoms with Crippen LogP contribution in [0.4, 0.5) is 5.13 Å². The fraction of sp³-hybridized carbons (Fsp3) is 0.241. The van der Waals surface area contributed by atoms with Crippen LogP contribution in [0.25, 0.3) is 22.4 Å². The van der Waals surface area contributed by atoms with E-state index in [2.05, 4.69) is 21.4 Å². The molecule has 8 nitrogen and oxygen atoms in total. The molecule has 1 unspecified atom stereocenters. The van der Waals surface area contributed by atoms with Gasteiger partial charge in [-0.25, -0.2) is 13.4 Å². The summed E-state index contributed by atoms with van der Waals surface area (Å²) in [5, 5.41) is 5.19. The van der Waals surface area contributed by atoms with E-state index in [4.69, 9.17) is 0 Å². The minimum atomic E-state index is -3.48. The predicted molar refractivity (Wildman–Crippen MR) is 153 cm³/mol. The number of aromatic nitrogens is 2. The van der Waals surface area contributed by atoms with Gasteiger partial charge in [0.25, 0.3) is 5.91 Å². The highest BCUT2D eigenvalue weighted by Gasteiger charge is 2.38. The number of likely N-dealkylation sites (tertiary alicyclic amines) is 1. The molecule has 1 aliphatic heterocycles. The molecule has 10 heteroatoms. The molecule has 2 aromatic carbocycles. The molecule has 0 spiro atoms. The van der Waals surface area contributed by atoms with Crippen molar-refractivity contribution < 1.29 is 18.0 Å². The normalized spacial score (nSPS) is 15.1. The summed E-state index contributed by atoms with van der Waals surface area (Å²) in [4.78, 5) is 36.8. The van der Waals surface area contributed by atoms with Crippen LogP contribution in [0, 0.1) is 20.8 Å². The molecular formula is C29H28N4O4S2. The Balaban J connectivity index is 1.29. The zero-order valence-electron chi connectivity index (χ0n) is 22.1. The summed E-state index contributed by atoms with van der Waals surface area (Å²) in [5.41, 5.74) is 6.53. The number of carbonyl (C=O) groups is 2. The monoisotopic (exact) mass is 560 g/mol. The third kappa shape index (κ3) is 5.62. The minimum Gasteiger partial charge on any atom is -0.326 e. The van der Waals surface area contributed by atoms with E-state index in [9.17, 15) is 18.0 Å². The Labute approximate surface area is 231 Å². The average molecular weight is 561 g/mol. The maximum Gasteiger partial charge on any atom is 0.254 e. The van der Waals surface area contributed by atoms with Gasteiger partial charge in [-0.2, -0.15) is 0 Å². The van der Waals surface area contributed by atoms with Crippen molar-refractivity contribution in [2.45, 2.75) is 38.1 Å². The summed E-state index contributed by atoms with van der Waals surface area (Å²) in [5.74, 6) is -0.688. The van der Waals surface area contributed by atoms with Crippen molar-refractivity contribution >= 4 is 38.1 Å². The zero-order chi connectivity index (χ0) is 27.9. The highest BCUT2D eigenvalue weighted by molar-refractivity contribution is 7.90. The zero-order valence-corrected chi connectivity index (χ0v) is 23.7. The molecule has 0 saturated carbocycles. The molecule has 4 aromatic rings. The third-order valence-electron chi connectivity index (χ3n) is 6.73. The maximum atomic E-state index is 13.1. The Kier molecular flexibility index (Phi) is 7.09. The largest absolute Gasteiger partial charge is 0.326 e. The van der Waals surface area contributed by atoms with Gasteiger partial charge in [-0.1, -0.05) is 24.3 Å². The number of pyridine rings is 1. The summed E-state index contributed by atoms with van der Waals surface area (Å²) in [6, 6.07) is 16.1. The molecule has 1 aliphatic rings. The molecule has 1 saturated heterocycles. The molecule has 1 atom stereocenters. The second-order valence-electron chi connectivity index (χ2n) is 9.80. The van der Waals surface area contributed by atoms with Gasteiger partial charge in [-0.15, -0.1) is 11.3 Å². The van der Waals surface area contributed by atoms with E-state index < -0.39 is 15.9 Å². The Bertz CT molecular complexity index is 1690. The molecular weight excluding hydrogens is 532 g/mol. The number of sulfone groups is 1. The summed E-state index contributed by atoms with van der Waals surface area (Å²) in [7, 11) is -3.48. The summed E-state index contributed by atoms with van der Waals surface area (Å²) in [6.07, 6.45) is 1.64. The molecule has 39 heavy (non-hydrogen) atoms. The molecule has 0 radical (unpaired) electrons. The molecule has 3 heterocycles. The van der Waals surface area contributed by atoms with E-state index in [1.807, 2.05) is 49.6 Å². The fourth-order valence-electron chi connectivity index (χ4n) is 4.71. The van der Waals surface area contributed by atoms with Gasteiger partial charge < -0.3 is 10.2 Å². The number of benzene rings is 2. The van der Waals surface area contributed by atoms with Crippen molar-refractivity contribution in [3.63, 3.8) is 0 Å². The first-order chi connectivity index (χ1) is 18.5. The number of nitrogens with zero attached hydrogens (tertiary/aromatic N) is 3. The van der Waals surface area contributed by atoms with Gasteiger partial charge in [-0.3, -0.25) is 14.6 Å². The third-order valence-corrected chi connectivity index (χ3v) is 8.72. The van der Waals surface area contributed by atoms with E-state index in [-0.39, 0.29) is 22.3 Å². The Hall–Kier alpha value is -3.89. The lowest BCUT2D eigenvalue weighted by Crippen LogP contribution is -2.56. The van der Waals surface area contributed by atoms with Gasteiger partial charge in [0.15, 0.2) is 15.0 Å². The summed E-state index contributed by atoms with van der Waals surface area (Å²) < 4.78 is 24.2. The van der Waals surface area contributed by atoms with Crippen LogP contribution in [0.15, 0.2) is 64.9 Å². The number of aryl methyl sites for hydroxylation is 3. The highest BCUT2D eigenvalue weighted by Crippen LogP contribution is 2.30. The van der Waals surface area contributed by atoms with Crippen molar-refractivity contribution in [1.82, 2.24) is 14.9 Å². The molecule has 200 valence electrons. The van der Waals surface area contributed by atoms with E-state index in [1.54, 1.807) is 19.1 Å². The van der Waals surface area contributed by atoms with Gasteiger partial charge in [0.1, 0.15) is 6.04 Å². The number of hydrogen-bond donors (Lipinski definition) is 1. The smallest absolute Gasteiger partial charge is 0.254 e. The van der Waals surface area contributed by atoms with E-state index >= 15 is 0 Å². The van der Waals surface area contributed by atoms with E-state index in [0.29, 0.717) is 23.7 Å². The molecule has 5 rings (SSSR count). The van der Waals surface area contributed by atoms with Gasteiger partial charge in [0.2, 0.25) is 5.91 Å². The molecule has 1 N–H and O–H groups in total. The molecule has 2 aromatic heterocycles. The average Bonchev–Trinajstić information content (AvgIpc) is 3.30. The van der Waals surface area contributed by atoms with Crippen molar-refractivity contribution in [2.75, 3.05) is 18.1 Å². The van der Waals surface area contributed by atoms with Gasteiger partial charge >= 0.3 is 0 Å². The lowest BCUT2D eigenvalue weighted by molar-refractivity contribution is -0.123. The SMILES string of the molecule is Cc1cc(-c2cccc(-c3csc(NC(=O)C4CCN4C(=O)c4ccc(C)c(S(C)(=O)=O)c4)n3)c2)cc(C)n1. The van der Waals surface area contributed by atoms with Crippen LogP contribution in [-0.4, -0.2) is 53.9 Å². The van der Waals surface area contributed by atoms with Crippen LogP contribution < -0.4 is 5.32 Å². The van der Waals surface area contributed by atoms with Crippen LogP contribution >= 0.6 is 11.3 Å². The number of thiazole rings is 1. The van der Waals surface area contributed by atoms with Crippen molar-refractivity contribution in [1.29, 1.82) is 0 Å². The molecule has 1 fully saturated rings. The summed E-state index contributed by atoms with van der Waals surface area (Å²) in [6.45, 7) is 6.05. The standard InChI is InChI=1S/C29H28N4O4S2/c1-17-8-9-22(15-26(17)39(4,36)37)28(35)33-11-10-25(33)27(34)32-29-31-24(16-38-29)21-7-5-6-20(14-21)23-12-18(2)30-19(3)13-23/h5-9,12-16,25H,10-11H2,1-4H3,(H,31,32,34). The van der Waals surface area contributed by atoms with E-state index in [0.717, 1.165) is 40.0 Å². The lowest BCUT2D eigenvalue weighted by Gasteiger charge is -2.39. The topological polar surface area (TPSA) is 109 Å². The lowest BCUT2D eigenvalue weighted by atomic mass is 10.00. The van der Waals surface area contributed by atoms with Crippen LogP contribution in [0.2, 0.25) is 0 Å². The summed E-state index contributed by atoms with van der Waals surface area (Å²) >= 11 is 1.32. The number of nitrogens with one attached hydrogen (secondary N) is 1. The number of carbonyl (C=O) groups excluding carboxylic acids is 2. The first-order valence-electron chi connectivity index (χ1n) is 12.4. The maximum absolute atomic E-state index is 13.1. The van der Waals surface area contributed by atoms with Crippen molar-refractivity contribution in [3.8, 4) is 22.4 Å². The van der Waals surface area contributed by atoms with Gasteiger partial charge in [-0.05, 0) is 74.2 Å². The Morgan fingerprint density at radius 1 is 0.949 bits per heavy atom. The fourth-order valence-corrected chi connectivity index (χ4v) is 6.43. The Morgan fingerprint density at radius 3 is 2.33 bits per heavy atom. The van der Waals surface area contributed by atoms with Crippen molar-refractivity contribution in [3.05, 3.63) is 82.5 Å². The van der Waals surface area contributed by atoms with Crippen LogP contribution in [-0.2, 0) is 14.6 Å². The first kappa shape index (κ1) is 26.7. The number of anilines is 1. The van der Waals surface area contributed by atoms with Crippen LogP contribution in [0.3, 0.4) is 0 Å². The quantitative estimate of drug-likeness (QED) is 0.353. The van der Waals surface area contributed by atoms with Crippen LogP contribution in [0.1, 0.15) is 33.7 Å². The van der Waals surface area contributed by atoms with Gasteiger partial charge in [0, 0.05) is 40.7 Å². The Morgan fingerprint density at radius 2 is 1.67 bits per heavy atom. The molecule has 0 bridgehead atoms. The second kappa shape index (κ2) is 10.3. The molecule has 0 aliphatic carbocycles. The first-order valence-corrected chi connectivity index (χ1v) is 15.2. The predicted octanol–water partition coefficient (Wildman–Crippen LogP) is 5.05. The number of rotatable bonds is 6. The number of hydrogen-bond acceptors (Lipinski definition) is 7. The number of amides is 2. The van der Waals surface area contributed by atoms with Crippen molar-refractivity contribution in [2.24, 2.45) is 0 Å². The second-order valence-corrected chi connectivity index (χ2v) is 12.6. The molecule has 2 amide bonds. The van der Waals surface area contributed by atoms with Crippen LogP contribution in [0.5, 0.6) is 0 Å². The minimum absolute atomic E-state index is 0.114. The highest BCUT2D eigenvalue weighted by atomic mass is 32.2.